The molecule has 1 aromatic heterocycles. The van der Waals surface area contributed by atoms with Crippen LogP contribution in [0.25, 0.3) is 5.69 Å². The van der Waals surface area contributed by atoms with Crippen molar-refractivity contribution in [2.75, 3.05) is 0 Å². The van der Waals surface area contributed by atoms with Gasteiger partial charge in [-0.15, -0.1) is 0 Å². The maximum absolute atomic E-state index is 5.90. The number of aryl methyl sites for hydroxylation is 2. The highest BCUT2D eigenvalue weighted by Gasteiger charge is 2.09. The van der Waals surface area contributed by atoms with Crippen LogP contribution in [0, 0.1) is 20.8 Å². The fraction of sp³-hybridized carbons (Fsp3) is 0.150. The molecule has 0 N–H and O–H groups in total. The van der Waals surface area contributed by atoms with Gasteiger partial charge in [-0.3, -0.25) is 4.99 Å². The largest absolute Gasteiger partial charge is 0.318 e. The summed E-state index contributed by atoms with van der Waals surface area (Å²) in [7, 11) is 0. The summed E-state index contributed by atoms with van der Waals surface area (Å²) in [6.45, 7) is 6.36. The molecule has 0 fully saturated rings. The number of hydrogen-bond acceptors (Lipinski definition) is 1. The molecule has 0 saturated heterocycles. The van der Waals surface area contributed by atoms with Gasteiger partial charge in [-0.2, -0.15) is 0 Å². The number of aliphatic imine (C=N–C) groups is 1. The molecule has 0 atom stereocenters. The Kier molecular flexibility index (Phi) is 4.35. The van der Waals surface area contributed by atoms with E-state index in [2.05, 4.69) is 60.7 Å². The predicted molar refractivity (Wildman–Crippen MR) is 98.7 cm³/mol. The lowest BCUT2D eigenvalue weighted by Crippen LogP contribution is -1.99. The summed E-state index contributed by atoms with van der Waals surface area (Å²) < 4.78 is 2.26. The van der Waals surface area contributed by atoms with Gasteiger partial charge in [-0.1, -0.05) is 23.7 Å². The Bertz CT molecular complexity index is 858. The van der Waals surface area contributed by atoms with E-state index in [1.165, 1.54) is 22.6 Å². The molecule has 0 amide bonds. The van der Waals surface area contributed by atoms with Gasteiger partial charge < -0.3 is 4.57 Å². The fourth-order valence-electron chi connectivity index (χ4n) is 2.75. The molecule has 0 aliphatic carbocycles. The van der Waals surface area contributed by atoms with Gasteiger partial charge in [0.05, 0.1) is 5.69 Å². The second-order valence-electron chi connectivity index (χ2n) is 5.74. The Labute approximate surface area is 142 Å². The Morgan fingerprint density at radius 1 is 0.957 bits per heavy atom. The molecule has 3 rings (SSSR count). The zero-order valence-electron chi connectivity index (χ0n) is 13.5. The van der Waals surface area contributed by atoms with E-state index in [0.29, 0.717) is 0 Å². The molecular formula is C20H19ClN2. The van der Waals surface area contributed by atoms with E-state index >= 15 is 0 Å². The summed E-state index contributed by atoms with van der Waals surface area (Å²) in [5.41, 5.74) is 6.85. The van der Waals surface area contributed by atoms with Crippen molar-refractivity contribution in [3.8, 4) is 5.69 Å². The van der Waals surface area contributed by atoms with Crippen molar-refractivity contribution >= 4 is 23.5 Å². The monoisotopic (exact) mass is 322 g/mol. The third-order valence-electron chi connectivity index (χ3n) is 3.91. The molecule has 0 saturated carbocycles. The van der Waals surface area contributed by atoms with Crippen LogP contribution in [-0.4, -0.2) is 10.8 Å². The van der Waals surface area contributed by atoms with E-state index in [4.69, 9.17) is 11.6 Å². The zero-order chi connectivity index (χ0) is 16.4. The van der Waals surface area contributed by atoms with Crippen molar-refractivity contribution in [3.63, 3.8) is 0 Å². The Hall–Kier alpha value is -2.32. The summed E-state index contributed by atoms with van der Waals surface area (Å²) in [6.07, 6.45) is 1.91. The van der Waals surface area contributed by atoms with E-state index in [1.807, 2.05) is 30.5 Å². The number of halogens is 1. The number of benzene rings is 2. The first-order chi connectivity index (χ1) is 11.0. The molecule has 3 heteroatoms. The molecule has 2 aromatic carbocycles. The predicted octanol–water partition coefficient (Wildman–Crippen LogP) is 5.81. The average Bonchev–Trinajstić information content (AvgIpc) is 2.81. The van der Waals surface area contributed by atoms with Crippen LogP contribution in [0.1, 0.15) is 22.5 Å². The molecule has 0 aliphatic heterocycles. The topological polar surface area (TPSA) is 17.3 Å². The highest BCUT2D eigenvalue weighted by Crippen LogP contribution is 2.22. The maximum atomic E-state index is 5.90. The van der Waals surface area contributed by atoms with Crippen LogP contribution in [0.15, 0.2) is 59.6 Å². The molecule has 23 heavy (non-hydrogen) atoms. The SMILES string of the molecule is Cc1cccc(-n2c(C)cc(C=Nc3ccc(Cl)cc3)c2C)c1. The third kappa shape index (κ3) is 3.38. The van der Waals surface area contributed by atoms with Gasteiger partial charge in [0.25, 0.3) is 0 Å². The first-order valence-electron chi connectivity index (χ1n) is 7.60. The van der Waals surface area contributed by atoms with Crippen molar-refractivity contribution in [2.24, 2.45) is 4.99 Å². The normalized spacial score (nSPS) is 11.3. The van der Waals surface area contributed by atoms with Gasteiger partial charge in [-0.05, 0) is 68.8 Å². The smallest absolute Gasteiger partial charge is 0.0630 e. The second kappa shape index (κ2) is 6.43. The fourth-order valence-corrected chi connectivity index (χ4v) is 2.88. The van der Waals surface area contributed by atoms with Crippen LogP contribution < -0.4 is 0 Å². The lowest BCUT2D eigenvalue weighted by atomic mass is 10.2. The quantitative estimate of drug-likeness (QED) is 0.542. The number of hydrogen-bond donors (Lipinski definition) is 0. The molecule has 2 nitrogen and oxygen atoms in total. The summed E-state index contributed by atoms with van der Waals surface area (Å²) in [4.78, 5) is 4.55. The Morgan fingerprint density at radius 3 is 2.39 bits per heavy atom. The van der Waals surface area contributed by atoms with Crippen LogP contribution in [0.4, 0.5) is 5.69 Å². The van der Waals surface area contributed by atoms with Crippen LogP contribution in [0.3, 0.4) is 0 Å². The van der Waals surface area contributed by atoms with E-state index in [9.17, 15) is 0 Å². The number of aromatic nitrogens is 1. The van der Waals surface area contributed by atoms with Gasteiger partial charge in [0.2, 0.25) is 0 Å². The molecule has 116 valence electrons. The van der Waals surface area contributed by atoms with Crippen molar-refractivity contribution < 1.29 is 0 Å². The second-order valence-corrected chi connectivity index (χ2v) is 6.17. The molecule has 0 spiro atoms. The lowest BCUT2D eigenvalue weighted by molar-refractivity contribution is 0.963. The third-order valence-corrected chi connectivity index (χ3v) is 4.16. The minimum atomic E-state index is 0.724. The summed E-state index contributed by atoms with van der Waals surface area (Å²) in [6, 6.07) is 18.2. The van der Waals surface area contributed by atoms with Crippen LogP contribution in [0.5, 0.6) is 0 Å². The molecule has 0 bridgehead atoms. The van der Waals surface area contributed by atoms with Crippen LogP contribution >= 0.6 is 11.6 Å². The zero-order valence-corrected chi connectivity index (χ0v) is 14.3. The van der Waals surface area contributed by atoms with Crippen molar-refractivity contribution in [1.29, 1.82) is 0 Å². The maximum Gasteiger partial charge on any atom is 0.0630 e. The van der Waals surface area contributed by atoms with Crippen LogP contribution in [-0.2, 0) is 0 Å². The number of rotatable bonds is 3. The van der Waals surface area contributed by atoms with E-state index in [1.54, 1.807) is 0 Å². The number of nitrogens with zero attached hydrogens (tertiary/aromatic N) is 2. The Balaban J connectivity index is 1.96. The highest BCUT2D eigenvalue weighted by molar-refractivity contribution is 6.30. The van der Waals surface area contributed by atoms with Crippen LogP contribution in [0.2, 0.25) is 5.02 Å². The van der Waals surface area contributed by atoms with E-state index in [0.717, 1.165) is 16.3 Å². The average molecular weight is 323 g/mol. The lowest BCUT2D eigenvalue weighted by Gasteiger charge is -2.10. The first-order valence-corrected chi connectivity index (χ1v) is 7.98. The molecule has 0 unspecified atom stereocenters. The summed E-state index contributed by atoms with van der Waals surface area (Å²) in [5, 5.41) is 0.724. The van der Waals surface area contributed by atoms with Crippen molar-refractivity contribution in [1.82, 2.24) is 4.57 Å². The minimum absolute atomic E-state index is 0.724. The molecule has 0 aliphatic rings. The standard InChI is InChI=1S/C20H19ClN2/c1-14-5-4-6-20(11-14)23-15(2)12-17(16(23)3)13-22-19-9-7-18(21)8-10-19/h4-13H,1-3H3. The van der Waals surface area contributed by atoms with Gasteiger partial charge in [0, 0.05) is 33.9 Å². The van der Waals surface area contributed by atoms with Gasteiger partial charge in [-0.25, -0.2) is 0 Å². The van der Waals surface area contributed by atoms with Gasteiger partial charge in [0.1, 0.15) is 0 Å². The van der Waals surface area contributed by atoms with E-state index < -0.39 is 0 Å². The van der Waals surface area contributed by atoms with Gasteiger partial charge in [0.15, 0.2) is 0 Å². The molecule has 3 aromatic rings. The van der Waals surface area contributed by atoms with Gasteiger partial charge >= 0.3 is 0 Å². The minimum Gasteiger partial charge on any atom is -0.318 e. The van der Waals surface area contributed by atoms with E-state index in [-0.39, 0.29) is 0 Å². The molecule has 0 radical (unpaired) electrons. The van der Waals surface area contributed by atoms with Crippen molar-refractivity contribution in [2.45, 2.75) is 20.8 Å². The highest BCUT2D eigenvalue weighted by atomic mass is 35.5. The Morgan fingerprint density at radius 2 is 1.70 bits per heavy atom. The first kappa shape index (κ1) is 15.6. The molecule has 1 heterocycles. The molecular weight excluding hydrogens is 304 g/mol. The summed E-state index contributed by atoms with van der Waals surface area (Å²) in [5.74, 6) is 0. The summed E-state index contributed by atoms with van der Waals surface area (Å²) >= 11 is 5.90. The van der Waals surface area contributed by atoms with Crippen molar-refractivity contribution in [3.05, 3.63) is 82.1 Å².